The molecule has 1 unspecified atom stereocenters. The fourth-order valence-corrected chi connectivity index (χ4v) is 3.69. The first-order valence-electron chi connectivity index (χ1n) is 10.5. The van der Waals surface area contributed by atoms with Crippen LogP contribution in [0.15, 0.2) is 12.4 Å². The SMILES string of the molecule is CCCCCCCCCCCCCN1C=CN(CCC)C1CC. The molecule has 0 aliphatic carbocycles. The maximum absolute atomic E-state index is 2.56. The number of nitrogens with zero attached hydrogens (tertiary/aromatic N) is 2. The van der Waals surface area contributed by atoms with Gasteiger partial charge in [-0.15, -0.1) is 0 Å². The molecule has 136 valence electrons. The van der Waals surface area contributed by atoms with Crippen molar-refractivity contribution >= 4 is 0 Å². The molecule has 0 fully saturated rings. The molecule has 0 spiro atoms. The van der Waals surface area contributed by atoms with Crippen LogP contribution in [0.4, 0.5) is 0 Å². The van der Waals surface area contributed by atoms with Crippen LogP contribution >= 0.6 is 0 Å². The lowest BCUT2D eigenvalue weighted by atomic mass is 10.1. The van der Waals surface area contributed by atoms with Gasteiger partial charge in [-0.1, -0.05) is 85.0 Å². The van der Waals surface area contributed by atoms with Crippen LogP contribution in [0.1, 0.15) is 104 Å². The largest absolute Gasteiger partial charge is 0.356 e. The second kappa shape index (κ2) is 13.7. The van der Waals surface area contributed by atoms with E-state index in [9.17, 15) is 0 Å². The maximum Gasteiger partial charge on any atom is 0.100 e. The Kier molecular flexibility index (Phi) is 12.2. The highest BCUT2D eigenvalue weighted by Gasteiger charge is 2.22. The van der Waals surface area contributed by atoms with Gasteiger partial charge < -0.3 is 9.80 Å². The minimum Gasteiger partial charge on any atom is -0.356 e. The molecule has 1 heterocycles. The van der Waals surface area contributed by atoms with Gasteiger partial charge >= 0.3 is 0 Å². The Hall–Kier alpha value is -0.660. The van der Waals surface area contributed by atoms with Crippen molar-refractivity contribution in [1.82, 2.24) is 9.80 Å². The summed E-state index contributed by atoms with van der Waals surface area (Å²) in [5.41, 5.74) is 0. The Morgan fingerprint density at radius 2 is 1.04 bits per heavy atom. The van der Waals surface area contributed by atoms with Gasteiger partial charge in [0.2, 0.25) is 0 Å². The normalized spacial score (nSPS) is 17.4. The van der Waals surface area contributed by atoms with Crippen molar-refractivity contribution in [3.05, 3.63) is 12.4 Å². The maximum atomic E-state index is 2.56. The van der Waals surface area contributed by atoms with Gasteiger partial charge in [-0.2, -0.15) is 0 Å². The Balaban J connectivity index is 1.94. The average Bonchev–Trinajstić information content (AvgIpc) is 2.95. The summed E-state index contributed by atoms with van der Waals surface area (Å²) >= 11 is 0. The quantitative estimate of drug-likeness (QED) is 0.316. The highest BCUT2D eigenvalue weighted by molar-refractivity contribution is 4.96. The molecular formula is C21H42N2. The summed E-state index contributed by atoms with van der Waals surface area (Å²) < 4.78 is 0. The molecule has 0 radical (unpaired) electrons. The topological polar surface area (TPSA) is 6.48 Å². The highest BCUT2D eigenvalue weighted by Crippen LogP contribution is 2.20. The van der Waals surface area contributed by atoms with E-state index in [-0.39, 0.29) is 0 Å². The Morgan fingerprint density at radius 1 is 0.565 bits per heavy atom. The predicted molar refractivity (Wildman–Crippen MR) is 103 cm³/mol. The molecular weight excluding hydrogens is 280 g/mol. The molecule has 1 rings (SSSR count). The predicted octanol–water partition coefficient (Wildman–Crippen LogP) is 6.53. The number of hydrogen-bond donors (Lipinski definition) is 0. The second-order valence-corrected chi connectivity index (χ2v) is 7.20. The summed E-state index contributed by atoms with van der Waals surface area (Å²) in [5, 5.41) is 0. The van der Waals surface area contributed by atoms with Crippen molar-refractivity contribution in [2.24, 2.45) is 0 Å². The van der Waals surface area contributed by atoms with Crippen LogP contribution in [-0.2, 0) is 0 Å². The van der Waals surface area contributed by atoms with E-state index in [1.165, 1.54) is 96.6 Å². The first kappa shape index (κ1) is 20.4. The third-order valence-electron chi connectivity index (χ3n) is 5.08. The Morgan fingerprint density at radius 3 is 1.52 bits per heavy atom. The van der Waals surface area contributed by atoms with Crippen molar-refractivity contribution in [1.29, 1.82) is 0 Å². The highest BCUT2D eigenvalue weighted by atomic mass is 15.4. The monoisotopic (exact) mass is 322 g/mol. The van der Waals surface area contributed by atoms with Crippen LogP contribution in [0.3, 0.4) is 0 Å². The molecule has 2 nitrogen and oxygen atoms in total. The third-order valence-corrected chi connectivity index (χ3v) is 5.08. The Bertz CT molecular complexity index is 288. The lowest BCUT2D eigenvalue weighted by molar-refractivity contribution is 0.146. The van der Waals surface area contributed by atoms with Crippen LogP contribution in [-0.4, -0.2) is 29.1 Å². The molecule has 1 aliphatic heterocycles. The van der Waals surface area contributed by atoms with E-state index in [0.29, 0.717) is 6.17 Å². The molecule has 0 aromatic rings. The van der Waals surface area contributed by atoms with Gasteiger partial charge in [0, 0.05) is 25.5 Å². The van der Waals surface area contributed by atoms with Gasteiger partial charge in [-0.25, -0.2) is 0 Å². The van der Waals surface area contributed by atoms with Crippen LogP contribution < -0.4 is 0 Å². The summed E-state index contributed by atoms with van der Waals surface area (Å²) in [6.07, 6.45) is 23.4. The summed E-state index contributed by atoms with van der Waals surface area (Å²) in [6.45, 7) is 9.32. The number of hydrogen-bond acceptors (Lipinski definition) is 2. The lowest BCUT2D eigenvalue weighted by Gasteiger charge is -2.32. The Labute approximate surface area is 146 Å². The zero-order valence-corrected chi connectivity index (χ0v) is 16.2. The molecule has 0 amide bonds. The van der Waals surface area contributed by atoms with Gasteiger partial charge in [-0.3, -0.25) is 0 Å². The molecule has 0 saturated heterocycles. The first-order valence-corrected chi connectivity index (χ1v) is 10.5. The fourth-order valence-electron chi connectivity index (χ4n) is 3.69. The average molecular weight is 323 g/mol. The van der Waals surface area contributed by atoms with Crippen molar-refractivity contribution in [3.8, 4) is 0 Å². The number of rotatable bonds is 15. The van der Waals surface area contributed by atoms with E-state index < -0.39 is 0 Å². The lowest BCUT2D eigenvalue weighted by Crippen LogP contribution is -2.38. The molecule has 0 bridgehead atoms. The molecule has 1 atom stereocenters. The standard InChI is InChI=1S/C21H42N2/c1-4-7-8-9-10-11-12-13-14-15-16-18-23-20-19-22(17-5-2)21(23)6-3/h19-21H,4-18H2,1-3H3. The molecule has 0 saturated carbocycles. The van der Waals surface area contributed by atoms with Crippen molar-refractivity contribution in [2.45, 2.75) is 110 Å². The smallest absolute Gasteiger partial charge is 0.100 e. The third kappa shape index (κ3) is 8.67. The van der Waals surface area contributed by atoms with E-state index in [1.807, 2.05) is 0 Å². The van der Waals surface area contributed by atoms with Crippen molar-refractivity contribution < 1.29 is 0 Å². The van der Waals surface area contributed by atoms with Crippen LogP contribution in [0.2, 0.25) is 0 Å². The zero-order valence-electron chi connectivity index (χ0n) is 16.2. The van der Waals surface area contributed by atoms with E-state index in [1.54, 1.807) is 0 Å². The second-order valence-electron chi connectivity index (χ2n) is 7.20. The molecule has 0 aromatic carbocycles. The molecule has 0 N–H and O–H groups in total. The summed E-state index contributed by atoms with van der Waals surface area (Å²) in [4.78, 5) is 5.07. The summed E-state index contributed by atoms with van der Waals surface area (Å²) in [6, 6.07) is 0. The van der Waals surface area contributed by atoms with Crippen molar-refractivity contribution in [2.75, 3.05) is 13.1 Å². The van der Waals surface area contributed by atoms with Gasteiger partial charge in [0.1, 0.15) is 6.17 Å². The van der Waals surface area contributed by atoms with Gasteiger partial charge in [0.05, 0.1) is 0 Å². The summed E-state index contributed by atoms with van der Waals surface area (Å²) in [5.74, 6) is 0. The van der Waals surface area contributed by atoms with Crippen LogP contribution in [0.5, 0.6) is 0 Å². The number of unbranched alkanes of at least 4 members (excludes halogenated alkanes) is 10. The molecule has 23 heavy (non-hydrogen) atoms. The van der Waals surface area contributed by atoms with Gasteiger partial charge in [0.25, 0.3) is 0 Å². The fraction of sp³-hybridized carbons (Fsp3) is 0.905. The van der Waals surface area contributed by atoms with Gasteiger partial charge in [0.15, 0.2) is 0 Å². The van der Waals surface area contributed by atoms with Crippen LogP contribution in [0.25, 0.3) is 0 Å². The van der Waals surface area contributed by atoms with Gasteiger partial charge in [-0.05, 0) is 19.3 Å². The zero-order chi connectivity index (χ0) is 16.8. The summed E-state index contributed by atoms with van der Waals surface area (Å²) in [7, 11) is 0. The van der Waals surface area contributed by atoms with Crippen LogP contribution in [0, 0.1) is 0 Å². The minimum absolute atomic E-state index is 0.623. The van der Waals surface area contributed by atoms with E-state index in [4.69, 9.17) is 0 Å². The first-order chi connectivity index (χ1) is 11.3. The van der Waals surface area contributed by atoms with Crippen molar-refractivity contribution in [3.63, 3.8) is 0 Å². The molecule has 0 aromatic heterocycles. The molecule has 2 heteroatoms. The molecule has 1 aliphatic rings. The van der Waals surface area contributed by atoms with E-state index in [2.05, 4.69) is 43.0 Å². The minimum atomic E-state index is 0.623. The van der Waals surface area contributed by atoms with E-state index >= 15 is 0 Å². The van der Waals surface area contributed by atoms with E-state index in [0.717, 1.165) is 0 Å².